The van der Waals surface area contributed by atoms with E-state index in [1.165, 1.54) is 18.7 Å². The molecule has 2 N–H and O–H groups in total. The summed E-state index contributed by atoms with van der Waals surface area (Å²) in [5.41, 5.74) is 5.64. The lowest BCUT2D eigenvalue weighted by atomic mass is 10.2. The van der Waals surface area contributed by atoms with Gasteiger partial charge in [-0.25, -0.2) is 0 Å². The predicted octanol–water partition coefficient (Wildman–Crippen LogP) is 1.10. The molecule has 1 heterocycles. The fourth-order valence-electron chi connectivity index (χ4n) is 1.62. The van der Waals surface area contributed by atoms with Crippen molar-refractivity contribution in [1.82, 2.24) is 4.90 Å². The van der Waals surface area contributed by atoms with Crippen molar-refractivity contribution in [3.8, 4) is 0 Å². The van der Waals surface area contributed by atoms with E-state index in [9.17, 15) is 0 Å². The number of likely N-dealkylation sites (tertiary alicyclic amines) is 1. The average molecular weight is 204 g/mol. The van der Waals surface area contributed by atoms with Gasteiger partial charge in [-0.15, -0.1) is 0 Å². The Bertz CT molecular complexity index is 161. The van der Waals surface area contributed by atoms with E-state index in [4.69, 9.17) is 18.0 Å². The summed E-state index contributed by atoms with van der Waals surface area (Å²) in [6.45, 7) is 2.30. The van der Waals surface area contributed by atoms with Crippen LogP contribution in [0.2, 0.25) is 0 Å². The molecule has 0 aromatic heterocycles. The maximum Gasteiger partial charge on any atom is 0.0902 e. The second kappa shape index (κ2) is 5.04. The van der Waals surface area contributed by atoms with Gasteiger partial charge in [-0.05, 0) is 25.6 Å². The van der Waals surface area contributed by atoms with Crippen LogP contribution < -0.4 is 5.73 Å². The molecule has 0 aromatic carbocycles. The minimum Gasteiger partial charge on any atom is -0.392 e. The molecule has 1 atom stereocenters. The van der Waals surface area contributed by atoms with E-state index in [-0.39, 0.29) is 0 Å². The van der Waals surface area contributed by atoms with Crippen LogP contribution in [0, 0.1) is 0 Å². The summed E-state index contributed by atoms with van der Waals surface area (Å²) in [7, 11) is 0. The van der Waals surface area contributed by atoms with Crippen LogP contribution in [-0.2, 0) is 0 Å². The molecule has 0 saturated carbocycles. The van der Waals surface area contributed by atoms with Crippen LogP contribution in [0.15, 0.2) is 0 Å². The van der Waals surface area contributed by atoms with Gasteiger partial charge in [0.25, 0.3) is 0 Å². The molecular weight excluding hydrogens is 188 g/mol. The Morgan fingerprint density at radius 2 is 2.50 bits per heavy atom. The minimum atomic E-state index is 0.382. The third kappa shape index (κ3) is 2.61. The molecule has 0 bridgehead atoms. The van der Waals surface area contributed by atoms with Crippen molar-refractivity contribution in [1.29, 1.82) is 0 Å². The zero-order valence-electron chi connectivity index (χ0n) is 7.45. The topological polar surface area (TPSA) is 29.3 Å². The molecule has 0 aromatic rings. The molecule has 70 valence electrons. The summed E-state index contributed by atoms with van der Waals surface area (Å²) in [4.78, 5) is 3.08. The SMILES string of the molecule is CSCCN1CCCC1C(N)=S. The Kier molecular flexibility index (Phi) is 4.32. The molecule has 1 aliphatic heterocycles. The molecule has 0 amide bonds. The molecule has 1 aliphatic rings. The normalized spacial score (nSPS) is 24.6. The van der Waals surface area contributed by atoms with Crippen LogP contribution in [0.3, 0.4) is 0 Å². The quantitative estimate of drug-likeness (QED) is 0.695. The van der Waals surface area contributed by atoms with Crippen LogP contribution in [-0.4, -0.2) is 41.0 Å². The monoisotopic (exact) mass is 204 g/mol. The van der Waals surface area contributed by atoms with E-state index in [2.05, 4.69) is 11.2 Å². The van der Waals surface area contributed by atoms with Crippen molar-refractivity contribution in [3.05, 3.63) is 0 Å². The zero-order chi connectivity index (χ0) is 8.97. The van der Waals surface area contributed by atoms with Gasteiger partial charge in [0.05, 0.1) is 11.0 Å². The number of hydrogen-bond acceptors (Lipinski definition) is 3. The lowest BCUT2D eigenvalue weighted by Gasteiger charge is -2.22. The summed E-state index contributed by atoms with van der Waals surface area (Å²) < 4.78 is 0. The highest BCUT2D eigenvalue weighted by Crippen LogP contribution is 2.17. The lowest BCUT2D eigenvalue weighted by molar-refractivity contribution is 0.323. The third-order valence-corrected chi connectivity index (χ3v) is 3.14. The number of thiocarbonyl (C=S) groups is 1. The molecule has 1 unspecified atom stereocenters. The second-order valence-corrected chi connectivity index (χ2v) is 4.55. The predicted molar refractivity (Wildman–Crippen MR) is 59.8 cm³/mol. The highest BCUT2D eigenvalue weighted by atomic mass is 32.2. The Labute approximate surface area is 83.9 Å². The number of nitrogens with zero attached hydrogens (tertiary/aromatic N) is 1. The van der Waals surface area contributed by atoms with Gasteiger partial charge in [-0.3, -0.25) is 4.90 Å². The maximum atomic E-state index is 5.64. The molecular formula is C8H16N2S2. The first-order chi connectivity index (χ1) is 5.75. The first-order valence-electron chi connectivity index (χ1n) is 4.28. The van der Waals surface area contributed by atoms with Gasteiger partial charge in [0, 0.05) is 12.3 Å². The van der Waals surface area contributed by atoms with Gasteiger partial charge in [-0.1, -0.05) is 12.2 Å². The van der Waals surface area contributed by atoms with Crippen molar-refractivity contribution >= 4 is 29.0 Å². The molecule has 0 radical (unpaired) electrons. The molecule has 4 heteroatoms. The zero-order valence-corrected chi connectivity index (χ0v) is 9.09. The maximum absolute atomic E-state index is 5.64. The Morgan fingerprint density at radius 1 is 1.75 bits per heavy atom. The van der Waals surface area contributed by atoms with E-state index in [0.717, 1.165) is 13.0 Å². The van der Waals surface area contributed by atoms with E-state index < -0.39 is 0 Å². The minimum absolute atomic E-state index is 0.382. The molecule has 0 aliphatic carbocycles. The van der Waals surface area contributed by atoms with Crippen molar-refractivity contribution in [2.24, 2.45) is 5.73 Å². The van der Waals surface area contributed by atoms with Crippen molar-refractivity contribution in [3.63, 3.8) is 0 Å². The molecule has 1 rings (SSSR count). The standard InChI is InChI=1S/C8H16N2S2/c1-12-6-5-10-4-2-3-7(10)8(9)11/h7H,2-6H2,1H3,(H2,9,11). The molecule has 12 heavy (non-hydrogen) atoms. The molecule has 2 nitrogen and oxygen atoms in total. The highest BCUT2D eigenvalue weighted by Gasteiger charge is 2.25. The van der Waals surface area contributed by atoms with Gasteiger partial charge in [0.1, 0.15) is 0 Å². The van der Waals surface area contributed by atoms with E-state index in [1.807, 2.05) is 11.8 Å². The van der Waals surface area contributed by atoms with E-state index in [0.29, 0.717) is 11.0 Å². The second-order valence-electron chi connectivity index (χ2n) is 3.09. The first kappa shape index (κ1) is 10.3. The van der Waals surface area contributed by atoms with Gasteiger partial charge in [-0.2, -0.15) is 11.8 Å². The van der Waals surface area contributed by atoms with Crippen LogP contribution in [0.1, 0.15) is 12.8 Å². The summed E-state index contributed by atoms with van der Waals surface area (Å²) in [5.74, 6) is 1.18. The Hall–Kier alpha value is 0.200. The Morgan fingerprint density at radius 3 is 3.08 bits per heavy atom. The number of nitrogens with two attached hydrogens (primary N) is 1. The number of hydrogen-bond donors (Lipinski definition) is 1. The first-order valence-corrected chi connectivity index (χ1v) is 6.08. The molecule has 0 spiro atoms. The largest absolute Gasteiger partial charge is 0.392 e. The number of rotatable bonds is 4. The molecule has 1 saturated heterocycles. The van der Waals surface area contributed by atoms with E-state index >= 15 is 0 Å². The summed E-state index contributed by atoms with van der Waals surface area (Å²) in [6, 6.07) is 0.382. The fraction of sp³-hybridized carbons (Fsp3) is 0.875. The van der Waals surface area contributed by atoms with Crippen LogP contribution in [0.25, 0.3) is 0 Å². The highest BCUT2D eigenvalue weighted by molar-refractivity contribution is 7.98. The van der Waals surface area contributed by atoms with Crippen LogP contribution >= 0.6 is 24.0 Å². The van der Waals surface area contributed by atoms with Crippen molar-refractivity contribution < 1.29 is 0 Å². The lowest BCUT2D eigenvalue weighted by Crippen LogP contribution is -2.40. The third-order valence-electron chi connectivity index (χ3n) is 2.27. The van der Waals surface area contributed by atoms with Gasteiger partial charge in [0.15, 0.2) is 0 Å². The summed E-state index contributed by atoms with van der Waals surface area (Å²) >= 11 is 6.89. The van der Waals surface area contributed by atoms with Crippen LogP contribution in [0.4, 0.5) is 0 Å². The van der Waals surface area contributed by atoms with Crippen molar-refractivity contribution in [2.75, 3.05) is 25.1 Å². The number of thioether (sulfide) groups is 1. The Balaban J connectivity index is 2.35. The van der Waals surface area contributed by atoms with Gasteiger partial charge < -0.3 is 5.73 Å². The molecule has 1 fully saturated rings. The smallest absolute Gasteiger partial charge is 0.0902 e. The summed E-state index contributed by atoms with van der Waals surface area (Å²) in [5, 5.41) is 0. The summed E-state index contributed by atoms with van der Waals surface area (Å²) in [6.07, 6.45) is 4.53. The van der Waals surface area contributed by atoms with Crippen LogP contribution in [0.5, 0.6) is 0 Å². The fourth-order valence-corrected chi connectivity index (χ4v) is 2.31. The van der Waals surface area contributed by atoms with Gasteiger partial charge >= 0.3 is 0 Å². The average Bonchev–Trinajstić information content (AvgIpc) is 2.48. The van der Waals surface area contributed by atoms with E-state index in [1.54, 1.807) is 0 Å². The van der Waals surface area contributed by atoms with Crippen molar-refractivity contribution in [2.45, 2.75) is 18.9 Å². The van der Waals surface area contributed by atoms with Gasteiger partial charge in [0.2, 0.25) is 0 Å².